The largest absolute Gasteiger partial charge is 0.400 e. The maximum Gasteiger partial charge on any atom is 0.315 e. The van der Waals surface area contributed by atoms with Crippen molar-refractivity contribution in [3.63, 3.8) is 0 Å². The van der Waals surface area contributed by atoms with Crippen LogP contribution in [0.25, 0.3) is 0 Å². The topological polar surface area (TPSA) is 161 Å². The standard InChI is InChI=1S/C33H63N2O9.C4H10O.3C2H6.CH4O/c1-8-9-18-41-22-23-43-29(13-10-11-19-40-21-15-28(3)44-26-33(4,5)39)25-42-20-12-17-35(6,7)31(37)14-16-34-30(36)24-27(2)32(34)38;1-2-3-4-5;4*1-2/h27-29,39H,8-26H2,1-7H3;5H,2-4H2,1H3;3*1-2H3;2H,1H3/q+1;;;;;. The highest BCUT2D eigenvalue weighted by molar-refractivity contribution is 6.03. The lowest BCUT2D eigenvalue weighted by Gasteiger charge is -2.27. The molecule has 0 saturated carbocycles. The molecule has 0 spiro atoms. The number of carbonyl (C=O) groups is 3. The Labute approximate surface area is 351 Å². The molecule has 1 fully saturated rings. The minimum Gasteiger partial charge on any atom is -0.400 e. The molecule has 1 aliphatic rings. The fourth-order valence-corrected chi connectivity index (χ4v) is 4.85. The van der Waals surface area contributed by atoms with Crippen molar-refractivity contribution in [1.82, 2.24) is 4.90 Å². The lowest BCUT2D eigenvalue weighted by molar-refractivity contribution is -0.814. The molecule has 3 amide bonds. The summed E-state index contributed by atoms with van der Waals surface area (Å²) in [6.45, 7) is 28.9. The van der Waals surface area contributed by atoms with Gasteiger partial charge in [0.1, 0.15) is 0 Å². The molecule has 13 nitrogen and oxygen atoms in total. The smallest absolute Gasteiger partial charge is 0.315 e. The van der Waals surface area contributed by atoms with Crippen molar-refractivity contribution < 1.29 is 57.9 Å². The highest BCUT2D eigenvalue weighted by atomic mass is 16.6. The molecule has 1 aliphatic heterocycles. The second kappa shape index (κ2) is 45.5. The third kappa shape index (κ3) is 41.0. The Morgan fingerprint density at radius 2 is 1.37 bits per heavy atom. The predicted octanol–water partition coefficient (Wildman–Crippen LogP) is 7.20. The second-order valence-corrected chi connectivity index (χ2v) is 14.3. The highest BCUT2D eigenvalue weighted by Gasteiger charge is 2.37. The molecular weight excluding hydrogens is 732 g/mol. The van der Waals surface area contributed by atoms with Gasteiger partial charge in [0.15, 0.2) is 0 Å². The summed E-state index contributed by atoms with van der Waals surface area (Å²) in [6.07, 6.45) is 8.79. The quantitative estimate of drug-likeness (QED) is 0.0397. The van der Waals surface area contributed by atoms with Crippen LogP contribution < -0.4 is 0 Å². The minimum absolute atomic E-state index is 0.00672. The number of rotatable bonds is 29. The van der Waals surface area contributed by atoms with E-state index < -0.39 is 5.60 Å². The summed E-state index contributed by atoms with van der Waals surface area (Å²) in [5, 5.41) is 24.8. The monoisotopic (exact) mass is 828 g/mol. The van der Waals surface area contributed by atoms with E-state index >= 15 is 0 Å². The van der Waals surface area contributed by atoms with Gasteiger partial charge >= 0.3 is 5.91 Å². The highest BCUT2D eigenvalue weighted by Crippen LogP contribution is 2.19. The lowest BCUT2D eigenvalue weighted by Crippen LogP contribution is -2.48. The van der Waals surface area contributed by atoms with E-state index in [0.717, 1.165) is 65.1 Å². The van der Waals surface area contributed by atoms with E-state index in [9.17, 15) is 19.5 Å². The van der Waals surface area contributed by atoms with Gasteiger partial charge in [-0.25, -0.2) is 4.79 Å². The molecule has 0 radical (unpaired) electrons. The van der Waals surface area contributed by atoms with Crippen LogP contribution in [0.15, 0.2) is 0 Å². The molecule has 57 heavy (non-hydrogen) atoms. The van der Waals surface area contributed by atoms with E-state index in [0.29, 0.717) is 65.8 Å². The number of unbranched alkanes of at least 4 members (excludes halogenated alkanes) is 3. The van der Waals surface area contributed by atoms with Gasteiger partial charge in [-0.1, -0.05) is 75.2 Å². The van der Waals surface area contributed by atoms with E-state index in [1.54, 1.807) is 20.8 Å². The van der Waals surface area contributed by atoms with Crippen LogP contribution in [0.5, 0.6) is 0 Å². The van der Waals surface area contributed by atoms with Gasteiger partial charge in [0.2, 0.25) is 11.8 Å². The van der Waals surface area contributed by atoms with Crippen LogP contribution >= 0.6 is 0 Å². The molecule has 0 aromatic heterocycles. The molecule has 0 aliphatic carbocycles. The summed E-state index contributed by atoms with van der Waals surface area (Å²) in [5.41, 5.74) is -0.826. The Kier molecular flexibility index (Phi) is 51.6. The Balaban J connectivity index is -0.000000613. The van der Waals surface area contributed by atoms with Gasteiger partial charge in [0.05, 0.1) is 77.9 Å². The molecule has 0 aromatic rings. The van der Waals surface area contributed by atoms with Crippen molar-refractivity contribution in [2.75, 3.05) is 93.8 Å². The van der Waals surface area contributed by atoms with Crippen LogP contribution in [0.4, 0.5) is 0 Å². The first-order chi connectivity index (χ1) is 27.2. The molecule has 13 heteroatoms. The van der Waals surface area contributed by atoms with Crippen LogP contribution in [0, 0.1) is 5.92 Å². The zero-order chi connectivity index (χ0) is 45.1. The summed E-state index contributed by atoms with van der Waals surface area (Å²) < 4.78 is 29.3. The zero-order valence-electron chi connectivity index (χ0n) is 39.8. The number of aliphatic hydroxyl groups is 3. The van der Waals surface area contributed by atoms with E-state index in [2.05, 4.69) is 13.8 Å². The van der Waals surface area contributed by atoms with E-state index in [1.807, 2.05) is 62.6 Å². The Hall–Kier alpha value is -1.55. The number of ether oxygens (including phenoxy) is 5. The maximum absolute atomic E-state index is 12.8. The van der Waals surface area contributed by atoms with Gasteiger partial charge in [-0.15, -0.1) is 0 Å². The molecular formula is C44H95N2O11+. The van der Waals surface area contributed by atoms with Gasteiger partial charge < -0.3 is 39.0 Å². The first-order valence-electron chi connectivity index (χ1n) is 22.1. The first-order valence-corrected chi connectivity index (χ1v) is 22.1. The number of hydrogen-bond donors (Lipinski definition) is 3. The van der Waals surface area contributed by atoms with Crippen molar-refractivity contribution >= 4 is 17.7 Å². The van der Waals surface area contributed by atoms with Crippen LogP contribution in [0.1, 0.15) is 154 Å². The van der Waals surface area contributed by atoms with Gasteiger partial charge in [0.25, 0.3) is 0 Å². The van der Waals surface area contributed by atoms with Crippen LogP contribution in [-0.4, -0.2) is 154 Å². The number of aliphatic hydroxyl groups excluding tert-OH is 2. The summed E-state index contributed by atoms with van der Waals surface area (Å²) in [5.74, 6) is -0.673. The molecule has 1 rings (SSSR count). The molecule has 0 bridgehead atoms. The molecule has 346 valence electrons. The number of amides is 3. The summed E-state index contributed by atoms with van der Waals surface area (Å²) >= 11 is 0. The number of quaternary nitrogens is 1. The minimum atomic E-state index is -0.826. The number of carbonyl (C=O) groups excluding carboxylic acids is 3. The molecule has 3 N–H and O–H groups in total. The molecule has 1 saturated heterocycles. The average Bonchev–Trinajstić information content (AvgIpc) is 3.45. The van der Waals surface area contributed by atoms with Crippen molar-refractivity contribution in [3.05, 3.63) is 0 Å². The Morgan fingerprint density at radius 3 is 1.88 bits per heavy atom. The normalized spacial score (nSPS) is 14.6. The Bertz CT molecular complexity index is 868. The Morgan fingerprint density at radius 1 is 0.807 bits per heavy atom. The SMILES string of the molecule is CC.CC.CC.CCCCO.CCCCOCCOC(CCCCOCCC(C)OCC(C)(C)O)COCCC[N+](C)(C)C(=O)CCN1C(=O)CC(C)C1=O.CO. The van der Waals surface area contributed by atoms with Crippen LogP contribution in [0.3, 0.4) is 0 Å². The summed E-state index contributed by atoms with van der Waals surface area (Å²) in [6, 6.07) is 0. The van der Waals surface area contributed by atoms with Crippen LogP contribution in [-0.2, 0) is 38.1 Å². The van der Waals surface area contributed by atoms with Gasteiger partial charge in [-0.05, 0) is 59.3 Å². The van der Waals surface area contributed by atoms with Gasteiger partial charge in [-0.2, -0.15) is 0 Å². The van der Waals surface area contributed by atoms with Gasteiger partial charge in [0, 0.05) is 58.8 Å². The maximum atomic E-state index is 12.8. The van der Waals surface area contributed by atoms with E-state index in [1.165, 1.54) is 4.90 Å². The molecule has 1 heterocycles. The van der Waals surface area contributed by atoms with Crippen molar-refractivity contribution in [3.8, 4) is 0 Å². The van der Waals surface area contributed by atoms with Crippen LogP contribution in [0.2, 0.25) is 0 Å². The number of nitrogens with zero attached hydrogens (tertiary/aromatic N) is 2. The van der Waals surface area contributed by atoms with Crippen molar-refractivity contribution in [1.29, 1.82) is 0 Å². The van der Waals surface area contributed by atoms with Crippen molar-refractivity contribution in [2.24, 2.45) is 5.92 Å². The second-order valence-electron chi connectivity index (χ2n) is 14.3. The number of likely N-dealkylation sites (tertiary alicyclic amines) is 1. The van der Waals surface area contributed by atoms with E-state index in [-0.39, 0.29) is 59.7 Å². The lowest BCUT2D eigenvalue weighted by atomic mass is 10.1. The van der Waals surface area contributed by atoms with E-state index in [4.69, 9.17) is 33.9 Å². The number of hydrogen-bond acceptors (Lipinski definition) is 11. The first kappa shape index (κ1) is 64.6. The molecule has 3 atom stereocenters. The number of imide groups is 1. The summed E-state index contributed by atoms with van der Waals surface area (Å²) in [4.78, 5) is 38.2. The average molecular weight is 828 g/mol. The predicted molar refractivity (Wildman–Crippen MR) is 233 cm³/mol. The fourth-order valence-electron chi connectivity index (χ4n) is 4.85. The molecule has 3 unspecified atom stereocenters. The zero-order valence-corrected chi connectivity index (χ0v) is 39.8. The summed E-state index contributed by atoms with van der Waals surface area (Å²) in [7, 11) is 4.71. The van der Waals surface area contributed by atoms with Crippen molar-refractivity contribution in [2.45, 2.75) is 172 Å². The third-order valence-corrected chi connectivity index (χ3v) is 8.19. The third-order valence-electron chi connectivity index (χ3n) is 8.19. The van der Waals surface area contributed by atoms with Gasteiger partial charge in [-0.3, -0.25) is 19.0 Å². The fraction of sp³-hybridized carbons (Fsp3) is 0.932. The molecule has 0 aromatic carbocycles.